The van der Waals surface area contributed by atoms with E-state index in [-0.39, 0.29) is 29.4 Å². The standard InChI is InChI=1S/C23H31N5O.HI/c1-2-24-22(27-18-23(10-11-23)20-8-4-3-5-9-20)26-17-19-7-6-12-25-21(19)28-13-15-29-16-14-28;/h3-9,12H,2,10-11,13-18H2,1H3,(H2,24,26,27);1H. The minimum absolute atomic E-state index is 0. The predicted octanol–water partition coefficient (Wildman–Crippen LogP) is 3.32. The summed E-state index contributed by atoms with van der Waals surface area (Å²) in [5.74, 6) is 1.89. The molecule has 0 atom stereocenters. The summed E-state index contributed by atoms with van der Waals surface area (Å²) in [5, 5.41) is 6.96. The molecule has 162 valence electrons. The number of hydrogen-bond acceptors (Lipinski definition) is 4. The van der Waals surface area contributed by atoms with Crippen molar-refractivity contribution in [1.82, 2.24) is 15.6 Å². The van der Waals surface area contributed by atoms with Crippen molar-refractivity contribution < 1.29 is 4.74 Å². The van der Waals surface area contributed by atoms with Gasteiger partial charge in [-0.15, -0.1) is 24.0 Å². The van der Waals surface area contributed by atoms with Crippen molar-refractivity contribution in [3.63, 3.8) is 0 Å². The molecule has 6 nitrogen and oxygen atoms in total. The van der Waals surface area contributed by atoms with Gasteiger partial charge >= 0.3 is 0 Å². The van der Waals surface area contributed by atoms with Crippen LogP contribution in [0.1, 0.15) is 30.9 Å². The van der Waals surface area contributed by atoms with Gasteiger partial charge in [0.1, 0.15) is 5.82 Å². The second kappa shape index (κ2) is 10.9. The van der Waals surface area contributed by atoms with Gasteiger partial charge in [0.05, 0.1) is 19.8 Å². The number of hydrogen-bond donors (Lipinski definition) is 2. The largest absolute Gasteiger partial charge is 0.378 e. The van der Waals surface area contributed by atoms with Crippen LogP contribution in [0.4, 0.5) is 5.82 Å². The molecular formula is C23H32IN5O. The molecule has 1 aliphatic carbocycles. The number of ether oxygens (including phenoxy) is 1. The molecule has 2 heterocycles. The van der Waals surface area contributed by atoms with Gasteiger partial charge in [-0.05, 0) is 31.4 Å². The molecule has 0 amide bonds. The number of aliphatic imine (C=N–C) groups is 1. The minimum Gasteiger partial charge on any atom is -0.378 e. The molecule has 2 N–H and O–H groups in total. The van der Waals surface area contributed by atoms with Crippen molar-refractivity contribution in [3.05, 3.63) is 59.8 Å². The maximum atomic E-state index is 5.48. The zero-order chi connectivity index (χ0) is 19.9. The normalized spacial score (nSPS) is 17.8. The smallest absolute Gasteiger partial charge is 0.191 e. The number of anilines is 1. The van der Waals surface area contributed by atoms with Crippen molar-refractivity contribution in [2.45, 2.75) is 31.7 Å². The summed E-state index contributed by atoms with van der Waals surface area (Å²) in [6, 6.07) is 14.9. The molecule has 2 aliphatic rings. The Morgan fingerprint density at radius 3 is 2.57 bits per heavy atom. The number of nitrogens with one attached hydrogen (secondary N) is 2. The van der Waals surface area contributed by atoms with Gasteiger partial charge in [0, 0.05) is 43.4 Å². The second-order valence-electron chi connectivity index (χ2n) is 7.78. The third-order valence-electron chi connectivity index (χ3n) is 5.76. The fraction of sp³-hybridized carbons (Fsp3) is 0.478. The van der Waals surface area contributed by atoms with Crippen molar-refractivity contribution in [1.29, 1.82) is 0 Å². The van der Waals surface area contributed by atoms with Gasteiger partial charge in [-0.2, -0.15) is 0 Å². The van der Waals surface area contributed by atoms with Crippen LogP contribution in [0, 0.1) is 0 Å². The molecule has 0 bridgehead atoms. The monoisotopic (exact) mass is 521 g/mol. The lowest BCUT2D eigenvalue weighted by Gasteiger charge is -2.29. The highest BCUT2D eigenvalue weighted by atomic mass is 127. The Bertz CT molecular complexity index is 819. The number of morpholine rings is 1. The van der Waals surface area contributed by atoms with E-state index < -0.39 is 0 Å². The van der Waals surface area contributed by atoms with Crippen LogP contribution in [0.3, 0.4) is 0 Å². The number of rotatable bonds is 7. The van der Waals surface area contributed by atoms with E-state index in [9.17, 15) is 0 Å². The van der Waals surface area contributed by atoms with Crippen LogP contribution < -0.4 is 15.5 Å². The predicted molar refractivity (Wildman–Crippen MR) is 133 cm³/mol. The molecule has 0 radical (unpaired) electrons. The van der Waals surface area contributed by atoms with Crippen LogP contribution in [0.15, 0.2) is 53.7 Å². The summed E-state index contributed by atoms with van der Waals surface area (Å²) in [6.45, 7) is 7.73. The summed E-state index contributed by atoms with van der Waals surface area (Å²) in [4.78, 5) is 11.8. The van der Waals surface area contributed by atoms with Gasteiger partial charge < -0.3 is 20.3 Å². The Labute approximate surface area is 196 Å². The first-order chi connectivity index (χ1) is 14.3. The molecule has 7 heteroatoms. The van der Waals surface area contributed by atoms with E-state index in [0.717, 1.165) is 56.7 Å². The van der Waals surface area contributed by atoms with Crippen LogP contribution in [-0.2, 0) is 16.7 Å². The highest BCUT2D eigenvalue weighted by molar-refractivity contribution is 14.0. The molecular weight excluding hydrogens is 489 g/mol. The SMILES string of the molecule is CCNC(=NCc1cccnc1N1CCOCC1)NCC1(c2ccccc2)CC1.I. The maximum absolute atomic E-state index is 5.48. The number of pyridine rings is 1. The summed E-state index contributed by atoms with van der Waals surface area (Å²) in [7, 11) is 0. The zero-order valence-electron chi connectivity index (χ0n) is 17.6. The Balaban J connectivity index is 0.00000256. The number of guanidine groups is 1. The van der Waals surface area contributed by atoms with Crippen LogP contribution in [0.5, 0.6) is 0 Å². The average Bonchev–Trinajstić information content (AvgIpc) is 3.58. The first-order valence-electron chi connectivity index (χ1n) is 10.6. The molecule has 4 rings (SSSR count). The van der Waals surface area contributed by atoms with E-state index in [1.165, 1.54) is 18.4 Å². The van der Waals surface area contributed by atoms with Crippen LogP contribution in [-0.4, -0.2) is 50.3 Å². The van der Waals surface area contributed by atoms with E-state index in [1.54, 1.807) is 0 Å². The first-order valence-corrected chi connectivity index (χ1v) is 10.6. The van der Waals surface area contributed by atoms with Gasteiger partial charge in [-0.1, -0.05) is 36.4 Å². The highest BCUT2D eigenvalue weighted by Crippen LogP contribution is 2.47. The molecule has 0 unspecified atom stereocenters. The van der Waals surface area contributed by atoms with Crippen molar-refractivity contribution >= 4 is 35.8 Å². The van der Waals surface area contributed by atoms with Crippen LogP contribution in [0.2, 0.25) is 0 Å². The van der Waals surface area contributed by atoms with Gasteiger partial charge in [0.2, 0.25) is 0 Å². The molecule has 30 heavy (non-hydrogen) atoms. The van der Waals surface area contributed by atoms with Gasteiger partial charge in [0.25, 0.3) is 0 Å². The van der Waals surface area contributed by atoms with Crippen LogP contribution >= 0.6 is 24.0 Å². The summed E-state index contributed by atoms with van der Waals surface area (Å²) < 4.78 is 5.48. The lowest BCUT2D eigenvalue weighted by Crippen LogP contribution is -2.41. The Kier molecular flexibility index (Phi) is 8.32. The average molecular weight is 521 g/mol. The lowest BCUT2D eigenvalue weighted by atomic mass is 9.96. The Morgan fingerprint density at radius 2 is 1.87 bits per heavy atom. The van der Waals surface area contributed by atoms with E-state index in [0.29, 0.717) is 6.54 Å². The topological polar surface area (TPSA) is 61.8 Å². The molecule has 1 aromatic carbocycles. The molecule has 1 saturated heterocycles. The number of halogens is 1. The summed E-state index contributed by atoms with van der Waals surface area (Å²) in [6.07, 6.45) is 4.32. The number of aromatic nitrogens is 1. The van der Waals surface area contributed by atoms with Crippen molar-refractivity contribution in [3.8, 4) is 0 Å². The summed E-state index contributed by atoms with van der Waals surface area (Å²) in [5.41, 5.74) is 2.83. The Hall–Kier alpha value is -1.87. The maximum Gasteiger partial charge on any atom is 0.191 e. The highest BCUT2D eigenvalue weighted by Gasteiger charge is 2.44. The third kappa shape index (κ3) is 5.63. The first kappa shape index (κ1) is 22.8. The quantitative estimate of drug-likeness (QED) is 0.333. The molecule has 0 spiro atoms. The fourth-order valence-electron chi connectivity index (χ4n) is 3.88. The lowest BCUT2D eigenvalue weighted by molar-refractivity contribution is 0.122. The van der Waals surface area contributed by atoms with E-state index in [4.69, 9.17) is 9.73 Å². The number of benzene rings is 1. The van der Waals surface area contributed by atoms with Crippen molar-refractivity contribution in [2.75, 3.05) is 44.3 Å². The Morgan fingerprint density at radius 1 is 1.10 bits per heavy atom. The summed E-state index contributed by atoms with van der Waals surface area (Å²) >= 11 is 0. The van der Waals surface area contributed by atoms with Gasteiger partial charge in [-0.25, -0.2) is 9.98 Å². The third-order valence-corrected chi connectivity index (χ3v) is 5.76. The molecule has 2 fully saturated rings. The van der Waals surface area contributed by atoms with Crippen LogP contribution in [0.25, 0.3) is 0 Å². The second-order valence-corrected chi connectivity index (χ2v) is 7.78. The fourth-order valence-corrected chi connectivity index (χ4v) is 3.88. The molecule has 1 aromatic heterocycles. The molecule has 1 saturated carbocycles. The number of nitrogens with zero attached hydrogens (tertiary/aromatic N) is 3. The molecule has 1 aliphatic heterocycles. The minimum atomic E-state index is 0. The van der Waals surface area contributed by atoms with E-state index in [1.807, 2.05) is 12.3 Å². The van der Waals surface area contributed by atoms with E-state index >= 15 is 0 Å². The molecule has 2 aromatic rings. The van der Waals surface area contributed by atoms with E-state index in [2.05, 4.69) is 63.8 Å². The van der Waals surface area contributed by atoms with Gasteiger partial charge in [-0.3, -0.25) is 0 Å². The zero-order valence-corrected chi connectivity index (χ0v) is 20.0. The van der Waals surface area contributed by atoms with Gasteiger partial charge in [0.15, 0.2) is 5.96 Å². The van der Waals surface area contributed by atoms with Crippen molar-refractivity contribution in [2.24, 2.45) is 4.99 Å².